The van der Waals surface area contributed by atoms with E-state index in [1.54, 1.807) is 0 Å². The molecule has 2 heterocycles. The van der Waals surface area contributed by atoms with E-state index >= 15 is 0 Å². The first-order chi connectivity index (χ1) is 10.1. The fraction of sp³-hybridized carbons (Fsp3) is 0.750. The van der Waals surface area contributed by atoms with Crippen LogP contribution in [0.5, 0.6) is 0 Å². The van der Waals surface area contributed by atoms with Gasteiger partial charge in [0.05, 0.1) is 0 Å². The fourth-order valence-corrected chi connectivity index (χ4v) is 2.68. The van der Waals surface area contributed by atoms with Crippen LogP contribution in [0.3, 0.4) is 0 Å². The molecule has 0 bridgehead atoms. The number of aromatic nitrogens is 2. The van der Waals surface area contributed by atoms with E-state index in [1.807, 2.05) is 6.20 Å². The van der Waals surface area contributed by atoms with E-state index in [1.165, 1.54) is 19.5 Å². The Morgan fingerprint density at radius 1 is 1.38 bits per heavy atom. The summed E-state index contributed by atoms with van der Waals surface area (Å²) in [7, 11) is 0. The van der Waals surface area contributed by atoms with Crippen molar-refractivity contribution in [1.29, 1.82) is 0 Å². The summed E-state index contributed by atoms with van der Waals surface area (Å²) in [5.74, 6) is 2.40. The predicted octanol–water partition coefficient (Wildman–Crippen LogP) is 2.75. The lowest BCUT2D eigenvalue weighted by atomic mass is 10.1. The first kappa shape index (κ1) is 16.0. The van der Waals surface area contributed by atoms with Crippen molar-refractivity contribution in [1.82, 2.24) is 14.9 Å². The van der Waals surface area contributed by atoms with Crippen LogP contribution in [0.4, 0.5) is 11.8 Å². The van der Waals surface area contributed by atoms with Gasteiger partial charge in [0.2, 0.25) is 5.95 Å². The average Bonchev–Trinajstić information content (AvgIpc) is 2.94. The van der Waals surface area contributed by atoms with Crippen molar-refractivity contribution in [2.45, 2.75) is 46.6 Å². The zero-order chi connectivity index (χ0) is 15.2. The molecule has 5 heteroatoms. The van der Waals surface area contributed by atoms with Gasteiger partial charge in [-0.15, -0.1) is 0 Å². The van der Waals surface area contributed by atoms with E-state index < -0.39 is 0 Å². The third kappa shape index (κ3) is 4.56. The van der Waals surface area contributed by atoms with E-state index in [0.29, 0.717) is 12.0 Å². The summed E-state index contributed by atoms with van der Waals surface area (Å²) < 4.78 is 0. The highest BCUT2D eigenvalue weighted by Crippen LogP contribution is 2.20. The highest BCUT2D eigenvalue weighted by atomic mass is 15.2. The molecule has 0 saturated carbocycles. The van der Waals surface area contributed by atoms with Crippen molar-refractivity contribution < 1.29 is 0 Å². The Balaban J connectivity index is 1.88. The lowest BCUT2D eigenvalue weighted by Crippen LogP contribution is -2.29. The van der Waals surface area contributed by atoms with Crippen LogP contribution in [0.1, 0.15) is 39.2 Å². The van der Waals surface area contributed by atoms with Gasteiger partial charge in [0.15, 0.2) is 0 Å². The second-order valence-electron chi connectivity index (χ2n) is 6.28. The van der Waals surface area contributed by atoms with Crippen molar-refractivity contribution in [3.8, 4) is 0 Å². The first-order valence-electron chi connectivity index (χ1n) is 8.15. The Morgan fingerprint density at radius 2 is 2.19 bits per heavy atom. The van der Waals surface area contributed by atoms with Crippen molar-refractivity contribution in [3.63, 3.8) is 0 Å². The van der Waals surface area contributed by atoms with E-state index in [-0.39, 0.29) is 0 Å². The van der Waals surface area contributed by atoms with Crippen LogP contribution in [0.15, 0.2) is 6.20 Å². The van der Waals surface area contributed by atoms with E-state index in [0.717, 1.165) is 36.8 Å². The van der Waals surface area contributed by atoms with Crippen molar-refractivity contribution in [2.75, 3.05) is 36.8 Å². The molecule has 0 radical (unpaired) electrons. The van der Waals surface area contributed by atoms with Crippen LogP contribution in [-0.4, -0.2) is 47.1 Å². The summed E-state index contributed by atoms with van der Waals surface area (Å²) >= 11 is 0. The van der Waals surface area contributed by atoms with Crippen molar-refractivity contribution >= 4 is 11.8 Å². The Kier molecular flexibility index (Phi) is 5.79. The molecular formula is C16H29N5. The lowest BCUT2D eigenvalue weighted by molar-refractivity contribution is 0.266. The number of nitrogens with zero attached hydrogens (tertiary/aromatic N) is 3. The number of rotatable bonds is 7. The van der Waals surface area contributed by atoms with Gasteiger partial charge >= 0.3 is 0 Å². The van der Waals surface area contributed by atoms with Gasteiger partial charge in [-0.05, 0) is 46.1 Å². The molecule has 0 spiro atoms. The predicted molar refractivity (Wildman–Crippen MR) is 88.9 cm³/mol. The quantitative estimate of drug-likeness (QED) is 0.809. The average molecular weight is 291 g/mol. The lowest BCUT2D eigenvalue weighted by Gasteiger charge is -2.20. The molecule has 118 valence electrons. The number of hydrogen-bond donors (Lipinski definition) is 2. The Morgan fingerprint density at radius 3 is 2.86 bits per heavy atom. The molecule has 2 rings (SSSR count). The molecule has 1 aliphatic heterocycles. The molecule has 0 amide bonds. The summed E-state index contributed by atoms with van der Waals surface area (Å²) in [6.45, 7) is 13.1. The molecule has 21 heavy (non-hydrogen) atoms. The molecule has 2 N–H and O–H groups in total. The zero-order valence-corrected chi connectivity index (χ0v) is 13.8. The Bertz CT molecular complexity index is 446. The highest BCUT2D eigenvalue weighted by Gasteiger charge is 2.24. The monoisotopic (exact) mass is 291 g/mol. The number of aryl methyl sites for hydroxylation is 1. The van der Waals surface area contributed by atoms with Crippen LogP contribution < -0.4 is 10.6 Å². The van der Waals surface area contributed by atoms with Crippen LogP contribution in [0.25, 0.3) is 0 Å². The third-order valence-electron chi connectivity index (χ3n) is 4.11. The smallest absolute Gasteiger partial charge is 0.224 e. The minimum absolute atomic E-state index is 0.653. The maximum Gasteiger partial charge on any atom is 0.224 e. The van der Waals surface area contributed by atoms with Gasteiger partial charge in [0, 0.05) is 37.4 Å². The maximum absolute atomic E-state index is 4.58. The van der Waals surface area contributed by atoms with Crippen LogP contribution in [0, 0.1) is 12.8 Å². The standard InChI is InChI=1S/C16H29N5/c1-5-7-17-16-19-9-13(4)15(20-16)18-10-14-6-8-21(11-14)12(2)3/h9,12,14H,5-8,10-11H2,1-4H3,(H2,17,18,19,20). The molecule has 1 aromatic heterocycles. The molecule has 0 aromatic carbocycles. The Hall–Kier alpha value is -1.36. The van der Waals surface area contributed by atoms with Gasteiger partial charge in [-0.1, -0.05) is 6.92 Å². The molecule has 1 aromatic rings. The normalized spacial score (nSPS) is 19.2. The molecule has 1 fully saturated rings. The molecule has 5 nitrogen and oxygen atoms in total. The molecule has 1 atom stereocenters. The highest BCUT2D eigenvalue weighted by molar-refractivity contribution is 5.46. The molecule has 1 saturated heterocycles. The summed E-state index contributed by atoms with van der Waals surface area (Å²) in [6, 6.07) is 0.653. The van der Waals surface area contributed by atoms with Gasteiger partial charge in [-0.2, -0.15) is 4.98 Å². The summed E-state index contributed by atoms with van der Waals surface area (Å²) in [5, 5.41) is 6.75. The first-order valence-corrected chi connectivity index (χ1v) is 8.15. The second kappa shape index (κ2) is 7.59. The summed E-state index contributed by atoms with van der Waals surface area (Å²) in [6.07, 6.45) is 4.24. The van der Waals surface area contributed by atoms with E-state index in [2.05, 4.69) is 53.2 Å². The SMILES string of the molecule is CCCNc1ncc(C)c(NCC2CCN(C(C)C)C2)n1. The number of likely N-dealkylation sites (tertiary alicyclic amines) is 1. The Labute approximate surface area is 128 Å². The van der Waals surface area contributed by atoms with Crippen LogP contribution >= 0.6 is 0 Å². The van der Waals surface area contributed by atoms with Gasteiger partial charge in [-0.3, -0.25) is 0 Å². The minimum atomic E-state index is 0.653. The largest absolute Gasteiger partial charge is 0.369 e. The van der Waals surface area contributed by atoms with Crippen molar-refractivity contribution in [3.05, 3.63) is 11.8 Å². The topological polar surface area (TPSA) is 53.1 Å². The number of nitrogens with one attached hydrogen (secondary N) is 2. The van der Waals surface area contributed by atoms with Gasteiger partial charge < -0.3 is 15.5 Å². The fourth-order valence-electron chi connectivity index (χ4n) is 2.68. The molecule has 1 unspecified atom stereocenters. The van der Waals surface area contributed by atoms with E-state index in [9.17, 15) is 0 Å². The van der Waals surface area contributed by atoms with Crippen molar-refractivity contribution in [2.24, 2.45) is 5.92 Å². The van der Waals surface area contributed by atoms with Crippen LogP contribution in [-0.2, 0) is 0 Å². The summed E-state index contributed by atoms with van der Waals surface area (Å²) in [4.78, 5) is 11.4. The summed E-state index contributed by atoms with van der Waals surface area (Å²) in [5.41, 5.74) is 1.11. The third-order valence-corrected chi connectivity index (χ3v) is 4.11. The number of anilines is 2. The maximum atomic E-state index is 4.58. The number of hydrogen-bond acceptors (Lipinski definition) is 5. The molecular weight excluding hydrogens is 262 g/mol. The van der Waals surface area contributed by atoms with Gasteiger partial charge in [0.25, 0.3) is 0 Å². The van der Waals surface area contributed by atoms with Crippen LogP contribution in [0.2, 0.25) is 0 Å². The minimum Gasteiger partial charge on any atom is -0.369 e. The van der Waals surface area contributed by atoms with E-state index in [4.69, 9.17) is 0 Å². The van der Waals surface area contributed by atoms with Gasteiger partial charge in [-0.25, -0.2) is 4.98 Å². The second-order valence-corrected chi connectivity index (χ2v) is 6.28. The van der Waals surface area contributed by atoms with Gasteiger partial charge in [0.1, 0.15) is 5.82 Å². The zero-order valence-electron chi connectivity index (χ0n) is 13.8. The molecule has 1 aliphatic rings. The molecule has 0 aliphatic carbocycles.